The van der Waals surface area contributed by atoms with E-state index in [1.807, 2.05) is 11.0 Å². The Morgan fingerprint density at radius 3 is 2.64 bits per heavy atom. The van der Waals surface area contributed by atoms with Crippen LogP contribution in [0.15, 0.2) is 36.4 Å². The van der Waals surface area contributed by atoms with Gasteiger partial charge in [-0.25, -0.2) is 4.98 Å². The number of carbonyl (C=O) groups is 1. The number of primary amides is 1. The van der Waals surface area contributed by atoms with E-state index in [-0.39, 0.29) is 5.69 Å². The van der Waals surface area contributed by atoms with E-state index < -0.39 is 17.6 Å². The number of benzene rings is 1. The molecule has 2 N–H and O–H groups in total. The number of nitrogens with two attached hydrogens (primary N) is 1. The minimum absolute atomic E-state index is 0.203. The SMILES string of the molecule is NC(=O)c1cccc(N2CCCN(Cc3cc(C(F)(F)F)ccc3Cl)CC2)n1. The van der Waals surface area contributed by atoms with Crippen molar-refractivity contribution < 1.29 is 18.0 Å². The highest BCUT2D eigenvalue weighted by molar-refractivity contribution is 6.31. The van der Waals surface area contributed by atoms with Crippen LogP contribution < -0.4 is 10.6 Å². The Morgan fingerprint density at radius 1 is 1.14 bits per heavy atom. The van der Waals surface area contributed by atoms with Crippen molar-refractivity contribution in [2.75, 3.05) is 31.1 Å². The maximum atomic E-state index is 13.0. The van der Waals surface area contributed by atoms with Crippen LogP contribution in [0.1, 0.15) is 28.0 Å². The number of halogens is 4. The van der Waals surface area contributed by atoms with E-state index in [0.29, 0.717) is 36.0 Å². The summed E-state index contributed by atoms with van der Waals surface area (Å²) in [7, 11) is 0. The average Bonchev–Trinajstić information content (AvgIpc) is 2.88. The standard InChI is InChI=1S/C19H20ClF3N4O/c20-15-6-5-14(19(21,22)23)11-13(15)12-26-7-2-8-27(10-9-26)17-4-1-3-16(25-17)18(24)28/h1,3-6,11H,2,7-10,12H2,(H2,24,28). The normalized spacial score (nSPS) is 16.1. The first-order valence-electron chi connectivity index (χ1n) is 8.84. The van der Waals surface area contributed by atoms with Gasteiger partial charge in [0.25, 0.3) is 5.91 Å². The molecule has 0 atom stereocenters. The van der Waals surface area contributed by atoms with Crippen LogP contribution in [0, 0.1) is 0 Å². The zero-order valence-corrected chi connectivity index (χ0v) is 15.8. The summed E-state index contributed by atoms with van der Waals surface area (Å²) in [6.45, 7) is 3.05. The number of alkyl halides is 3. The Bertz CT molecular complexity index is 859. The Labute approximate surface area is 165 Å². The van der Waals surface area contributed by atoms with E-state index in [1.165, 1.54) is 6.07 Å². The molecule has 2 heterocycles. The second-order valence-corrected chi connectivity index (χ2v) is 7.07. The molecule has 9 heteroatoms. The van der Waals surface area contributed by atoms with E-state index >= 15 is 0 Å². The van der Waals surface area contributed by atoms with Gasteiger partial charge in [-0.15, -0.1) is 0 Å². The van der Waals surface area contributed by atoms with Crippen molar-refractivity contribution in [3.63, 3.8) is 0 Å². The summed E-state index contributed by atoms with van der Waals surface area (Å²) in [5, 5.41) is 0.324. The van der Waals surface area contributed by atoms with Crippen molar-refractivity contribution in [1.82, 2.24) is 9.88 Å². The zero-order chi connectivity index (χ0) is 20.3. The topological polar surface area (TPSA) is 62.5 Å². The summed E-state index contributed by atoms with van der Waals surface area (Å²) in [4.78, 5) is 19.7. The van der Waals surface area contributed by atoms with Gasteiger partial charge < -0.3 is 10.6 Å². The summed E-state index contributed by atoms with van der Waals surface area (Å²) in [5.41, 5.74) is 5.25. The van der Waals surface area contributed by atoms with Gasteiger partial charge in [-0.2, -0.15) is 13.2 Å². The molecule has 28 heavy (non-hydrogen) atoms. The fourth-order valence-electron chi connectivity index (χ4n) is 3.21. The first kappa shape index (κ1) is 20.4. The van der Waals surface area contributed by atoms with Gasteiger partial charge in [-0.05, 0) is 42.3 Å². The monoisotopic (exact) mass is 412 g/mol. The van der Waals surface area contributed by atoms with Gasteiger partial charge in [0, 0.05) is 37.7 Å². The molecule has 0 aliphatic carbocycles. The minimum Gasteiger partial charge on any atom is -0.364 e. The quantitative estimate of drug-likeness (QED) is 0.834. The van der Waals surface area contributed by atoms with E-state index in [2.05, 4.69) is 9.88 Å². The van der Waals surface area contributed by atoms with Crippen LogP contribution in [0.25, 0.3) is 0 Å². The molecule has 1 fully saturated rings. The van der Waals surface area contributed by atoms with Gasteiger partial charge in [0.2, 0.25) is 0 Å². The molecule has 1 aromatic heterocycles. The summed E-state index contributed by atoms with van der Waals surface area (Å²) >= 11 is 6.12. The molecule has 5 nitrogen and oxygen atoms in total. The molecule has 0 radical (unpaired) electrons. The van der Waals surface area contributed by atoms with Gasteiger partial charge >= 0.3 is 6.18 Å². The first-order chi connectivity index (χ1) is 13.2. The van der Waals surface area contributed by atoms with Gasteiger partial charge in [0.1, 0.15) is 11.5 Å². The third-order valence-electron chi connectivity index (χ3n) is 4.67. The highest BCUT2D eigenvalue weighted by Crippen LogP contribution is 2.32. The summed E-state index contributed by atoms with van der Waals surface area (Å²) < 4.78 is 38.9. The minimum atomic E-state index is -4.40. The Kier molecular flexibility index (Phi) is 6.10. The largest absolute Gasteiger partial charge is 0.416 e. The molecule has 3 rings (SSSR count). The highest BCUT2D eigenvalue weighted by Gasteiger charge is 2.31. The number of rotatable bonds is 4. The highest BCUT2D eigenvalue weighted by atomic mass is 35.5. The molecule has 0 saturated carbocycles. The zero-order valence-electron chi connectivity index (χ0n) is 15.0. The van der Waals surface area contributed by atoms with Crippen molar-refractivity contribution in [3.05, 3.63) is 58.2 Å². The average molecular weight is 413 g/mol. The van der Waals surface area contributed by atoms with Crippen molar-refractivity contribution in [3.8, 4) is 0 Å². The number of aromatic nitrogens is 1. The number of amides is 1. The van der Waals surface area contributed by atoms with Crippen LogP contribution in [0.2, 0.25) is 5.02 Å². The number of pyridine rings is 1. The lowest BCUT2D eigenvalue weighted by Crippen LogP contribution is -2.31. The van der Waals surface area contributed by atoms with E-state index in [1.54, 1.807) is 12.1 Å². The Morgan fingerprint density at radius 2 is 1.93 bits per heavy atom. The van der Waals surface area contributed by atoms with Crippen LogP contribution in [-0.2, 0) is 12.7 Å². The first-order valence-corrected chi connectivity index (χ1v) is 9.21. The third-order valence-corrected chi connectivity index (χ3v) is 5.04. The predicted octanol–water partition coefficient (Wildman–Crippen LogP) is 3.57. The number of anilines is 1. The molecule has 0 bridgehead atoms. The fraction of sp³-hybridized carbons (Fsp3) is 0.368. The summed E-state index contributed by atoms with van der Waals surface area (Å²) in [6, 6.07) is 8.50. The molecular formula is C19H20ClF3N4O. The molecule has 2 aromatic rings. The van der Waals surface area contributed by atoms with Gasteiger partial charge in [-0.1, -0.05) is 17.7 Å². The number of hydrogen-bond donors (Lipinski definition) is 1. The van der Waals surface area contributed by atoms with Crippen molar-refractivity contribution in [2.45, 2.75) is 19.1 Å². The van der Waals surface area contributed by atoms with Crippen LogP contribution in [0.4, 0.5) is 19.0 Å². The Balaban J connectivity index is 1.69. The number of nitrogens with zero attached hydrogens (tertiary/aromatic N) is 3. The van der Waals surface area contributed by atoms with Crippen LogP contribution >= 0.6 is 11.6 Å². The van der Waals surface area contributed by atoms with Crippen LogP contribution in [0.3, 0.4) is 0 Å². The lowest BCUT2D eigenvalue weighted by atomic mass is 10.1. The molecule has 1 aromatic carbocycles. The lowest BCUT2D eigenvalue weighted by molar-refractivity contribution is -0.137. The molecule has 1 aliphatic rings. The lowest BCUT2D eigenvalue weighted by Gasteiger charge is -2.23. The maximum absolute atomic E-state index is 13.0. The van der Waals surface area contributed by atoms with Crippen molar-refractivity contribution >= 4 is 23.3 Å². The molecule has 1 aliphatic heterocycles. The molecule has 150 valence electrons. The van der Waals surface area contributed by atoms with Crippen molar-refractivity contribution in [1.29, 1.82) is 0 Å². The molecule has 0 spiro atoms. The molecular weight excluding hydrogens is 393 g/mol. The van der Waals surface area contributed by atoms with Gasteiger partial charge in [0.05, 0.1) is 5.56 Å². The van der Waals surface area contributed by atoms with E-state index in [0.717, 1.165) is 31.6 Å². The fourth-order valence-corrected chi connectivity index (χ4v) is 3.39. The smallest absolute Gasteiger partial charge is 0.364 e. The molecule has 0 unspecified atom stereocenters. The van der Waals surface area contributed by atoms with Crippen LogP contribution in [0.5, 0.6) is 0 Å². The number of carbonyl (C=O) groups excluding carboxylic acids is 1. The Hall–Kier alpha value is -2.32. The van der Waals surface area contributed by atoms with E-state index in [4.69, 9.17) is 17.3 Å². The summed E-state index contributed by atoms with van der Waals surface area (Å²) in [5.74, 6) is 0.0766. The van der Waals surface area contributed by atoms with Gasteiger partial charge in [0.15, 0.2) is 0 Å². The molecule has 1 amide bonds. The second-order valence-electron chi connectivity index (χ2n) is 6.67. The predicted molar refractivity (Wildman–Crippen MR) is 101 cm³/mol. The summed E-state index contributed by atoms with van der Waals surface area (Å²) in [6.07, 6.45) is -3.59. The molecule has 1 saturated heterocycles. The van der Waals surface area contributed by atoms with Crippen LogP contribution in [-0.4, -0.2) is 42.0 Å². The number of hydrogen-bond acceptors (Lipinski definition) is 4. The van der Waals surface area contributed by atoms with Crippen molar-refractivity contribution in [2.24, 2.45) is 5.73 Å². The maximum Gasteiger partial charge on any atom is 0.416 e. The van der Waals surface area contributed by atoms with E-state index in [9.17, 15) is 18.0 Å². The van der Waals surface area contributed by atoms with Gasteiger partial charge in [-0.3, -0.25) is 9.69 Å². The third kappa shape index (κ3) is 4.94. The second kappa shape index (κ2) is 8.36.